The van der Waals surface area contributed by atoms with Gasteiger partial charge in [0.25, 0.3) is 0 Å². The highest BCUT2D eigenvalue weighted by Gasteiger charge is 2.22. The van der Waals surface area contributed by atoms with Gasteiger partial charge >= 0.3 is 5.97 Å². The Morgan fingerprint density at radius 2 is 2.04 bits per heavy atom. The summed E-state index contributed by atoms with van der Waals surface area (Å²) in [6.45, 7) is 0.842. The maximum atomic E-state index is 12.0. The number of hydrogen-bond acceptors (Lipinski definition) is 5. The molecule has 118 valence electrons. The predicted molar refractivity (Wildman–Crippen MR) is 84.1 cm³/mol. The van der Waals surface area contributed by atoms with Crippen LogP contribution in [0.3, 0.4) is 0 Å². The predicted octanol–water partition coefficient (Wildman–Crippen LogP) is 1.53. The van der Waals surface area contributed by atoms with Crippen LogP contribution in [0.25, 0.3) is 11.3 Å². The van der Waals surface area contributed by atoms with Gasteiger partial charge in [0.1, 0.15) is 0 Å². The molecular weight excluding hydrogens is 296 g/mol. The third-order valence-corrected chi connectivity index (χ3v) is 3.71. The van der Waals surface area contributed by atoms with Crippen molar-refractivity contribution in [3.8, 4) is 11.3 Å². The molecule has 3 N–H and O–H groups in total. The minimum atomic E-state index is -1.02. The van der Waals surface area contributed by atoms with E-state index < -0.39 is 5.97 Å². The average Bonchev–Trinajstić information content (AvgIpc) is 3.10. The number of nitrogens with zero attached hydrogens (tertiary/aromatic N) is 2. The van der Waals surface area contributed by atoms with Gasteiger partial charge < -0.3 is 15.7 Å². The number of nitrogens with one attached hydrogen (secondary N) is 2. The van der Waals surface area contributed by atoms with Crippen molar-refractivity contribution >= 4 is 17.7 Å². The molecule has 1 aromatic carbocycles. The van der Waals surface area contributed by atoms with Gasteiger partial charge in [-0.2, -0.15) is 0 Å². The second kappa shape index (κ2) is 6.53. The lowest BCUT2D eigenvalue weighted by Crippen LogP contribution is -2.35. The number of anilines is 1. The van der Waals surface area contributed by atoms with Crippen molar-refractivity contribution in [3.63, 3.8) is 0 Å². The van der Waals surface area contributed by atoms with Gasteiger partial charge in [0.05, 0.1) is 29.7 Å². The van der Waals surface area contributed by atoms with E-state index in [9.17, 15) is 14.7 Å². The fourth-order valence-electron chi connectivity index (χ4n) is 2.55. The summed E-state index contributed by atoms with van der Waals surface area (Å²) in [5.74, 6) is -0.803. The van der Waals surface area contributed by atoms with Crippen molar-refractivity contribution in [2.24, 2.45) is 0 Å². The van der Waals surface area contributed by atoms with Crippen molar-refractivity contribution < 1.29 is 14.7 Å². The third-order valence-electron chi connectivity index (χ3n) is 3.71. The minimum Gasteiger partial charge on any atom is -0.478 e. The summed E-state index contributed by atoms with van der Waals surface area (Å²) in [6.07, 6.45) is 4.68. The lowest BCUT2D eigenvalue weighted by atomic mass is 10.1. The lowest BCUT2D eigenvalue weighted by molar-refractivity contribution is -0.117. The van der Waals surface area contributed by atoms with E-state index in [-0.39, 0.29) is 17.5 Å². The van der Waals surface area contributed by atoms with E-state index in [1.165, 1.54) is 18.5 Å². The highest BCUT2D eigenvalue weighted by atomic mass is 16.4. The van der Waals surface area contributed by atoms with Crippen LogP contribution in [0.5, 0.6) is 0 Å². The van der Waals surface area contributed by atoms with Crippen molar-refractivity contribution in [2.75, 3.05) is 11.9 Å². The van der Waals surface area contributed by atoms with Crippen molar-refractivity contribution in [1.29, 1.82) is 0 Å². The molecule has 0 radical (unpaired) electrons. The van der Waals surface area contributed by atoms with Gasteiger partial charge in [-0.3, -0.25) is 9.78 Å². The Morgan fingerprint density at radius 3 is 2.70 bits per heavy atom. The summed E-state index contributed by atoms with van der Waals surface area (Å²) in [7, 11) is 0. The number of carboxylic acids is 1. The van der Waals surface area contributed by atoms with E-state index in [0.717, 1.165) is 19.4 Å². The van der Waals surface area contributed by atoms with Crippen LogP contribution in [0.4, 0.5) is 5.82 Å². The normalized spacial score (nSPS) is 17.0. The van der Waals surface area contributed by atoms with Crippen LogP contribution in [-0.2, 0) is 4.79 Å². The van der Waals surface area contributed by atoms with E-state index in [1.54, 1.807) is 18.2 Å². The molecular formula is C16H16N4O3. The first-order valence-corrected chi connectivity index (χ1v) is 7.34. The Bertz CT molecular complexity index is 724. The molecule has 0 aliphatic carbocycles. The number of aromatic nitrogens is 2. The summed E-state index contributed by atoms with van der Waals surface area (Å²) in [4.78, 5) is 31.6. The van der Waals surface area contributed by atoms with Gasteiger partial charge in [-0.15, -0.1) is 0 Å². The molecule has 2 heterocycles. The second-order valence-corrected chi connectivity index (χ2v) is 5.28. The molecule has 7 heteroatoms. The number of hydrogen-bond donors (Lipinski definition) is 3. The smallest absolute Gasteiger partial charge is 0.336 e. The minimum absolute atomic E-state index is 0.129. The second-order valence-electron chi connectivity index (χ2n) is 5.28. The van der Waals surface area contributed by atoms with Gasteiger partial charge in [0.15, 0.2) is 5.82 Å². The molecule has 0 unspecified atom stereocenters. The summed E-state index contributed by atoms with van der Waals surface area (Å²) < 4.78 is 0. The van der Waals surface area contributed by atoms with E-state index in [2.05, 4.69) is 20.6 Å². The quantitative estimate of drug-likeness (QED) is 0.791. The lowest BCUT2D eigenvalue weighted by Gasteiger charge is -2.10. The van der Waals surface area contributed by atoms with Gasteiger partial charge in [0.2, 0.25) is 5.91 Å². The number of rotatable bonds is 4. The first-order valence-electron chi connectivity index (χ1n) is 7.34. The summed E-state index contributed by atoms with van der Waals surface area (Å²) in [5.41, 5.74) is 1.09. The maximum Gasteiger partial charge on any atom is 0.336 e. The van der Waals surface area contributed by atoms with Gasteiger partial charge in [-0.05, 0) is 25.5 Å². The summed E-state index contributed by atoms with van der Waals surface area (Å²) >= 11 is 0. The molecule has 1 aliphatic heterocycles. The Hall–Kier alpha value is -2.80. The molecule has 0 bridgehead atoms. The SMILES string of the molecule is O=C(O)c1ccccc1-c1cnc(NC(=O)[C@H]2CCCN2)cn1. The van der Waals surface area contributed by atoms with Crippen LogP contribution in [0.1, 0.15) is 23.2 Å². The zero-order valence-corrected chi connectivity index (χ0v) is 12.3. The standard InChI is InChI=1S/C16H16N4O3/c21-15(12-6-3-7-17-12)20-14-9-18-13(8-19-14)10-4-1-2-5-11(10)16(22)23/h1-2,4-5,8-9,12,17H,3,6-7H2,(H,22,23)(H,19,20,21)/t12-/m1/s1. The van der Waals surface area contributed by atoms with E-state index in [1.807, 2.05) is 0 Å². The molecule has 1 amide bonds. The number of carbonyl (C=O) groups excluding carboxylic acids is 1. The van der Waals surface area contributed by atoms with Crippen LogP contribution in [0.2, 0.25) is 0 Å². The number of carbonyl (C=O) groups is 2. The third kappa shape index (κ3) is 3.35. The topological polar surface area (TPSA) is 104 Å². The first-order chi connectivity index (χ1) is 11.1. The summed E-state index contributed by atoms with van der Waals surface area (Å²) in [5, 5.41) is 15.0. The van der Waals surface area contributed by atoms with Crippen molar-refractivity contribution in [3.05, 3.63) is 42.2 Å². The van der Waals surface area contributed by atoms with Crippen LogP contribution in [0, 0.1) is 0 Å². The molecule has 1 saturated heterocycles. The molecule has 23 heavy (non-hydrogen) atoms. The van der Waals surface area contributed by atoms with Crippen LogP contribution in [-0.4, -0.2) is 39.5 Å². The summed E-state index contributed by atoms with van der Waals surface area (Å²) in [6, 6.07) is 6.40. The van der Waals surface area contributed by atoms with Crippen molar-refractivity contribution in [2.45, 2.75) is 18.9 Å². The number of amides is 1. The molecule has 7 nitrogen and oxygen atoms in total. The molecule has 0 saturated carbocycles. The number of aromatic carboxylic acids is 1. The van der Waals surface area contributed by atoms with E-state index >= 15 is 0 Å². The maximum absolute atomic E-state index is 12.0. The Labute approximate surface area is 132 Å². The molecule has 3 rings (SSSR count). The number of benzene rings is 1. The van der Waals surface area contributed by atoms with Crippen LogP contribution < -0.4 is 10.6 Å². The van der Waals surface area contributed by atoms with Gasteiger partial charge in [-0.1, -0.05) is 18.2 Å². The first kappa shape index (κ1) is 15.1. The van der Waals surface area contributed by atoms with E-state index in [0.29, 0.717) is 17.1 Å². The molecule has 1 atom stereocenters. The zero-order chi connectivity index (χ0) is 16.2. The largest absolute Gasteiger partial charge is 0.478 e. The average molecular weight is 312 g/mol. The highest BCUT2D eigenvalue weighted by molar-refractivity contribution is 5.96. The van der Waals surface area contributed by atoms with Crippen molar-refractivity contribution in [1.82, 2.24) is 15.3 Å². The molecule has 1 fully saturated rings. The van der Waals surface area contributed by atoms with Gasteiger partial charge in [0, 0.05) is 5.56 Å². The Balaban J connectivity index is 1.77. The van der Waals surface area contributed by atoms with Crippen LogP contribution in [0.15, 0.2) is 36.7 Å². The van der Waals surface area contributed by atoms with Gasteiger partial charge in [-0.25, -0.2) is 9.78 Å². The Kier molecular flexibility index (Phi) is 4.29. The monoisotopic (exact) mass is 312 g/mol. The molecule has 1 aromatic heterocycles. The van der Waals surface area contributed by atoms with E-state index in [4.69, 9.17) is 0 Å². The fraction of sp³-hybridized carbons (Fsp3) is 0.250. The fourth-order valence-corrected chi connectivity index (χ4v) is 2.55. The Morgan fingerprint density at radius 1 is 1.22 bits per heavy atom. The molecule has 0 spiro atoms. The molecule has 1 aliphatic rings. The molecule has 2 aromatic rings. The highest BCUT2D eigenvalue weighted by Crippen LogP contribution is 2.21. The zero-order valence-electron chi connectivity index (χ0n) is 12.3. The number of carboxylic acid groups (broad SMARTS) is 1. The van der Waals surface area contributed by atoms with Crippen LogP contribution >= 0.6 is 0 Å².